The molecule has 2 aromatic carbocycles. The van der Waals surface area contributed by atoms with Crippen LogP contribution in [-0.4, -0.2) is 41.9 Å². The van der Waals surface area contributed by atoms with Crippen LogP contribution in [0.1, 0.15) is 33.5 Å². The maximum absolute atomic E-state index is 11.6. The van der Waals surface area contributed by atoms with E-state index in [4.69, 9.17) is 25.8 Å². The van der Waals surface area contributed by atoms with Crippen molar-refractivity contribution >= 4 is 40.6 Å². The second-order valence-electron chi connectivity index (χ2n) is 7.60. The van der Waals surface area contributed by atoms with Crippen LogP contribution in [0.15, 0.2) is 66.7 Å². The van der Waals surface area contributed by atoms with Gasteiger partial charge in [-0.05, 0) is 60.7 Å². The number of halogens is 1. The van der Waals surface area contributed by atoms with E-state index in [0.29, 0.717) is 22.2 Å². The van der Waals surface area contributed by atoms with Crippen LogP contribution < -0.4 is 9.47 Å². The van der Waals surface area contributed by atoms with Gasteiger partial charge in [0.1, 0.15) is 29.8 Å². The van der Waals surface area contributed by atoms with Crippen molar-refractivity contribution in [2.75, 3.05) is 20.8 Å². The van der Waals surface area contributed by atoms with E-state index in [-0.39, 0.29) is 17.9 Å². The summed E-state index contributed by atoms with van der Waals surface area (Å²) in [5.74, 6) is -0.454. The summed E-state index contributed by atoms with van der Waals surface area (Å²) in [5.41, 5.74) is 2.97. The number of hydrogen-bond acceptors (Lipinski definition) is 6. The number of nitrogens with zero attached hydrogens (tertiary/aromatic N) is 2. The second-order valence-corrected chi connectivity index (χ2v) is 8.03. The predicted molar refractivity (Wildman–Crippen MR) is 135 cm³/mol. The van der Waals surface area contributed by atoms with E-state index < -0.39 is 12.1 Å². The van der Waals surface area contributed by atoms with Crippen molar-refractivity contribution in [3.05, 3.63) is 94.4 Å². The van der Waals surface area contributed by atoms with Gasteiger partial charge in [-0.25, -0.2) is 9.78 Å². The number of carbonyl (C=O) groups is 1. The number of ether oxygens (including phenoxy) is 3. The Morgan fingerprint density at radius 3 is 2.51 bits per heavy atom. The first-order valence-corrected chi connectivity index (χ1v) is 11.1. The fraction of sp³-hybridized carbons (Fsp3) is 0.148. The van der Waals surface area contributed by atoms with Crippen molar-refractivity contribution in [2.45, 2.75) is 6.10 Å². The minimum atomic E-state index is -1.11. The standard InChI is InChI=1S/C27H23ClN2O5/c1-33-21-12-13-25(22(15-21)27(31)32)35-16-26(34-2)23-5-3-4-19(29-23)10-11-20-9-7-17-6-8-18(28)14-24(17)30-20/h3-15,26H,16H2,1-2H3,(H,31,32)/b11-10+. The summed E-state index contributed by atoms with van der Waals surface area (Å²) in [5, 5.41) is 11.1. The van der Waals surface area contributed by atoms with Gasteiger partial charge in [0.25, 0.3) is 0 Å². The molecule has 4 rings (SSSR count). The van der Waals surface area contributed by atoms with E-state index in [0.717, 1.165) is 16.6 Å². The summed E-state index contributed by atoms with van der Waals surface area (Å²) >= 11 is 6.08. The van der Waals surface area contributed by atoms with E-state index in [1.807, 2.05) is 60.7 Å². The summed E-state index contributed by atoms with van der Waals surface area (Å²) in [6.07, 6.45) is 3.23. The van der Waals surface area contributed by atoms with Gasteiger partial charge in [-0.15, -0.1) is 0 Å². The van der Waals surface area contributed by atoms with Crippen LogP contribution in [0.3, 0.4) is 0 Å². The molecule has 0 spiro atoms. The van der Waals surface area contributed by atoms with Gasteiger partial charge in [-0.2, -0.15) is 0 Å². The van der Waals surface area contributed by atoms with E-state index in [1.165, 1.54) is 13.2 Å². The van der Waals surface area contributed by atoms with Gasteiger partial charge in [-0.1, -0.05) is 29.8 Å². The van der Waals surface area contributed by atoms with E-state index in [2.05, 4.69) is 9.97 Å². The molecule has 178 valence electrons. The van der Waals surface area contributed by atoms with Crippen molar-refractivity contribution < 1.29 is 24.1 Å². The lowest BCUT2D eigenvalue weighted by atomic mass is 10.1. The van der Waals surface area contributed by atoms with Gasteiger partial charge in [0, 0.05) is 17.5 Å². The summed E-state index contributed by atoms with van der Waals surface area (Å²) in [6, 6.07) is 19.7. The van der Waals surface area contributed by atoms with Crippen molar-refractivity contribution in [3.8, 4) is 11.5 Å². The maximum Gasteiger partial charge on any atom is 0.339 e. The zero-order valence-electron chi connectivity index (χ0n) is 19.1. The molecule has 8 heteroatoms. The number of fused-ring (bicyclic) bond motifs is 1. The van der Waals surface area contributed by atoms with Crippen LogP contribution in [-0.2, 0) is 4.74 Å². The van der Waals surface area contributed by atoms with Gasteiger partial charge in [0.15, 0.2) is 0 Å². The molecule has 0 saturated carbocycles. The van der Waals surface area contributed by atoms with Crippen LogP contribution >= 0.6 is 11.6 Å². The Morgan fingerprint density at radius 2 is 1.77 bits per heavy atom. The summed E-state index contributed by atoms with van der Waals surface area (Å²) in [7, 11) is 3.02. The van der Waals surface area contributed by atoms with E-state index in [9.17, 15) is 9.90 Å². The second kappa shape index (κ2) is 11.0. The molecule has 1 atom stereocenters. The van der Waals surface area contributed by atoms with Crippen molar-refractivity contribution in [3.63, 3.8) is 0 Å². The zero-order chi connectivity index (χ0) is 24.8. The highest BCUT2D eigenvalue weighted by Crippen LogP contribution is 2.26. The Kier molecular flexibility index (Phi) is 7.60. The monoisotopic (exact) mass is 490 g/mol. The molecule has 4 aromatic rings. The van der Waals surface area contributed by atoms with Gasteiger partial charge >= 0.3 is 5.97 Å². The smallest absolute Gasteiger partial charge is 0.339 e. The largest absolute Gasteiger partial charge is 0.497 e. The number of benzene rings is 2. The lowest BCUT2D eigenvalue weighted by Crippen LogP contribution is -2.15. The fourth-order valence-corrected chi connectivity index (χ4v) is 3.65. The number of rotatable bonds is 9. The molecule has 2 aromatic heterocycles. The van der Waals surface area contributed by atoms with E-state index in [1.54, 1.807) is 19.2 Å². The summed E-state index contributed by atoms with van der Waals surface area (Å²) in [4.78, 5) is 20.9. The highest BCUT2D eigenvalue weighted by molar-refractivity contribution is 6.31. The Bertz CT molecular complexity index is 1390. The van der Waals surface area contributed by atoms with Crippen LogP contribution in [0.5, 0.6) is 11.5 Å². The number of hydrogen-bond donors (Lipinski definition) is 1. The quantitative estimate of drug-likeness (QED) is 0.311. The molecule has 0 fully saturated rings. The Labute approximate surface area is 207 Å². The molecular weight excluding hydrogens is 468 g/mol. The van der Waals surface area contributed by atoms with Crippen LogP contribution in [0.25, 0.3) is 23.1 Å². The molecule has 1 unspecified atom stereocenters. The molecule has 35 heavy (non-hydrogen) atoms. The zero-order valence-corrected chi connectivity index (χ0v) is 19.9. The molecule has 0 bridgehead atoms. The first-order chi connectivity index (χ1) is 17.0. The minimum Gasteiger partial charge on any atom is -0.497 e. The number of carboxylic acids is 1. The molecule has 0 aliphatic heterocycles. The minimum absolute atomic E-state index is 0.00742. The highest BCUT2D eigenvalue weighted by Gasteiger charge is 2.17. The fourth-order valence-electron chi connectivity index (χ4n) is 3.48. The third-order valence-electron chi connectivity index (χ3n) is 5.31. The Balaban J connectivity index is 1.50. The summed E-state index contributed by atoms with van der Waals surface area (Å²) < 4.78 is 16.5. The topological polar surface area (TPSA) is 90.8 Å². The van der Waals surface area contributed by atoms with Crippen LogP contribution in [0, 0.1) is 0 Å². The molecule has 0 radical (unpaired) electrons. The van der Waals surface area contributed by atoms with Crippen molar-refractivity contribution in [1.29, 1.82) is 0 Å². The number of pyridine rings is 2. The number of methoxy groups -OCH3 is 2. The molecule has 2 heterocycles. The van der Waals surface area contributed by atoms with Crippen molar-refractivity contribution in [2.24, 2.45) is 0 Å². The molecule has 0 aliphatic rings. The lowest BCUT2D eigenvalue weighted by Gasteiger charge is -2.17. The lowest BCUT2D eigenvalue weighted by molar-refractivity contribution is 0.0526. The molecule has 0 saturated heterocycles. The van der Waals surface area contributed by atoms with Crippen molar-refractivity contribution in [1.82, 2.24) is 9.97 Å². The van der Waals surface area contributed by atoms with Gasteiger partial charge in [-0.3, -0.25) is 4.98 Å². The predicted octanol–water partition coefficient (Wildman–Crippen LogP) is 5.93. The third-order valence-corrected chi connectivity index (χ3v) is 5.55. The molecular formula is C27H23ClN2O5. The molecule has 1 N–H and O–H groups in total. The average molecular weight is 491 g/mol. The van der Waals surface area contributed by atoms with Gasteiger partial charge in [0.05, 0.1) is 29.7 Å². The highest BCUT2D eigenvalue weighted by atomic mass is 35.5. The maximum atomic E-state index is 11.6. The Morgan fingerprint density at radius 1 is 1.00 bits per heavy atom. The average Bonchev–Trinajstić information content (AvgIpc) is 2.87. The van der Waals surface area contributed by atoms with Gasteiger partial charge < -0.3 is 19.3 Å². The number of aromatic carboxylic acids is 1. The SMILES string of the molecule is COc1ccc(OCC(OC)c2cccc(/C=C/c3ccc4ccc(Cl)cc4n3)n2)c(C(=O)O)c1. The Hall–Kier alpha value is -3.94. The molecule has 0 aliphatic carbocycles. The van der Waals surface area contributed by atoms with Crippen LogP contribution in [0.4, 0.5) is 0 Å². The van der Waals surface area contributed by atoms with Gasteiger partial charge in [0.2, 0.25) is 0 Å². The first-order valence-electron chi connectivity index (χ1n) is 10.7. The molecule has 7 nitrogen and oxygen atoms in total. The summed E-state index contributed by atoms with van der Waals surface area (Å²) in [6.45, 7) is 0.0796. The molecule has 0 amide bonds. The third kappa shape index (κ3) is 5.95. The number of aromatic nitrogens is 2. The number of carboxylic acid groups (broad SMARTS) is 1. The van der Waals surface area contributed by atoms with Crippen LogP contribution in [0.2, 0.25) is 5.02 Å². The first kappa shape index (κ1) is 24.2. The van der Waals surface area contributed by atoms with E-state index >= 15 is 0 Å². The normalized spacial score (nSPS) is 12.1.